The molecule has 7 nitrogen and oxygen atoms in total. The maximum Gasteiger partial charge on any atom is 0.223 e. The highest BCUT2D eigenvalue weighted by atomic mass is 28.4. The molecular formula is C40H73NO6Si2. The van der Waals surface area contributed by atoms with Crippen LogP contribution in [-0.2, 0) is 18.4 Å². The first kappa shape index (κ1) is 43.5. The maximum atomic E-state index is 14.1. The fourth-order valence-corrected chi connectivity index (χ4v) is 20.1. The summed E-state index contributed by atoms with van der Waals surface area (Å²) in [4.78, 5) is 15.8. The average molecular weight is 720 g/mol. The number of likely N-dealkylation sites (N-methyl/N-ethyl adjacent to an activating group) is 1. The third-order valence-electron chi connectivity index (χ3n) is 11.5. The molecule has 0 spiro atoms. The third-order valence-corrected chi connectivity index (χ3v) is 23.7. The molecule has 282 valence electrons. The number of hydrogen-bond acceptors (Lipinski definition) is 6. The number of nitrogens with zero attached hydrogens (tertiary/aromatic N) is 1. The van der Waals surface area contributed by atoms with Gasteiger partial charge < -0.3 is 28.3 Å². The number of carbonyl (C=O) groups excluding carboxylic acids is 1. The molecule has 0 fully saturated rings. The lowest BCUT2D eigenvalue weighted by atomic mass is 9.85. The Morgan fingerprint density at radius 1 is 0.837 bits per heavy atom. The number of allylic oxidation sites excluding steroid dienone is 1. The molecule has 2 rings (SSSR count). The zero-order chi connectivity index (χ0) is 37.6. The molecule has 0 aliphatic carbocycles. The molecule has 9 heteroatoms. The summed E-state index contributed by atoms with van der Waals surface area (Å²) in [5.41, 5.74) is 3.15. The number of benzene rings is 1. The fourth-order valence-electron chi connectivity index (χ4n) is 9.02. The van der Waals surface area contributed by atoms with Crippen LogP contribution in [0, 0.1) is 5.41 Å². The minimum Gasteiger partial charge on any atom is -0.497 e. The Hall–Kier alpha value is -1.66. The summed E-state index contributed by atoms with van der Waals surface area (Å²) in [7, 11) is -1.17. The van der Waals surface area contributed by atoms with Crippen molar-refractivity contribution in [2.45, 2.75) is 168 Å². The zero-order valence-electron chi connectivity index (χ0n) is 34.2. The van der Waals surface area contributed by atoms with Gasteiger partial charge in [0.2, 0.25) is 22.5 Å². The van der Waals surface area contributed by atoms with E-state index >= 15 is 0 Å². The molecule has 0 unspecified atom stereocenters. The number of rotatable bonds is 17. The van der Waals surface area contributed by atoms with Crippen molar-refractivity contribution in [1.29, 1.82) is 0 Å². The first-order valence-electron chi connectivity index (χ1n) is 18.8. The SMILES string of the molecule is COc1ccc([C@H](CC(=O)N(C)[C@H](CO)C(C)(C)C)C2=C[C@@H](O[Si](C(C)C)(C(C)C)C(C)C)[C@H](O[Si](C(C)C)(C(C)C)C(C)C)CO2)cc1. The van der Waals surface area contributed by atoms with Crippen molar-refractivity contribution < 1.29 is 28.2 Å². The van der Waals surface area contributed by atoms with Crippen molar-refractivity contribution in [2.75, 3.05) is 27.4 Å². The van der Waals surface area contributed by atoms with Crippen LogP contribution in [0.15, 0.2) is 36.1 Å². The van der Waals surface area contributed by atoms with Gasteiger partial charge in [-0.05, 0) is 62.4 Å². The first-order chi connectivity index (χ1) is 22.6. The number of aliphatic hydroxyl groups is 1. The quantitative estimate of drug-likeness (QED) is 0.162. The van der Waals surface area contributed by atoms with Crippen molar-refractivity contribution in [1.82, 2.24) is 4.90 Å². The van der Waals surface area contributed by atoms with Crippen LogP contribution in [0.5, 0.6) is 5.75 Å². The Kier molecular flexibility index (Phi) is 15.7. The summed E-state index contributed by atoms with van der Waals surface area (Å²) in [6.45, 7) is 34.3. The molecule has 0 saturated heterocycles. The molecule has 1 aromatic carbocycles. The Balaban J connectivity index is 2.79. The summed E-state index contributed by atoms with van der Waals surface area (Å²) in [6.07, 6.45) is 1.81. The summed E-state index contributed by atoms with van der Waals surface area (Å²) >= 11 is 0. The van der Waals surface area contributed by atoms with Gasteiger partial charge in [-0.3, -0.25) is 4.79 Å². The van der Waals surface area contributed by atoms with E-state index in [4.69, 9.17) is 18.3 Å². The van der Waals surface area contributed by atoms with E-state index in [9.17, 15) is 9.90 Å². The lowest BCUT2D eigenvalue weighted by Crippen LogP contribution is -2.58. The van der Waals surface area contributed by atoms with E-state index in [1.807, 2.05) is 24.3 Å². The van der Waals surface area contributed by atoms with Gasteiger partial charge in [-0.25, -0.2) is 0 Å². The van der Waals surface area contributed by atoms with E-state index in [-0.39, 0.29) is 48.5 Å². The maximum absolute atomic E-state index is 14.1. The second kappa shape index (κ2) is 17.7. The van der Waals surface area contributed by atoms with Crippen molar-refractivity contribution in [3.63, 3.8) is 0 Å². The van der Waals surface area contributed by atoms with Gasteiger partial charge in [0.05, 0.1) is 31.8 Å². The predicted octanol–water partition coefficient (Wildman–Crippen LogP) is 10.1. The van der Waals surface area contributed by atoms with Crippen LogP contribution in [0.25, 0.3) is 0 Å². The Morgan fingerprint density at radius 3 is 1.67 bits per heavy atom. The number of ether oxygens (including phenoxy) is 2. The summed E-state index contributed by atoms with van der Waals surface area (Å²) in [5, 5.41) is 10.3. The largest absolute Gasteiger partial charge is 0.497 e. The summed E-state index contributed by atoms with van der Waals surface area (Å²) < 4.78 is 27.3. The molecule has 49 heavy (non-hydrogen) atoms. The zero-order valence-corrected chi connectivity index (χ0v) is 36.2. The molecular weight excluding hydrogens is 647 g/mol. The topological polar surface area (TPSA) is 77.5 Å². The fraction of sp³-hybridized carbons (Fsp3) is 0.775. The van der Waals surface area contributed by atoms with Gasteiger partial charge in [-0.2, -0.15) is 0 Å². The summed E-state index contributed by atoms with van der Waals surface area (Å²) in [6, 6.07) is 7.61. The predicted molar refractivity (Wildman–Crippen MR) is 209 cm³/mol. The Labute approximate surface area is 302 Å². The molecule has 1 aliphatic rings. The molecule has 0 saturated carbocycles. The van der Waals surface area contributed by atoms with Gasteiger partial charge in [0.1, 0.15) is 24.2 Å². The lowest BCUT2D eigenvalue weighted by molar-refractivity contribution is -0.136. The van der Waals surface area contributed by atoms with E-state index in [0.29, 0.717) is 39.9 Å². The van der Waals surface area contributed by atoms with Crippen LogP contribution in [0.1, 0.15) is 122 Å². The number of hydrogen-bond donors (Lipinski definition) is 1. The number of amides is 1. The van der Waals surface area contributed by atoms with Crippen molar-refractivity contribution in [2.24, 2.45) is 5.41 Å². The molecule has 0 aromatic heterocycles. The van der Waals surface area contributed by atoms with Crippen LogP contribution < -0.4 is 4.74 Å². The van der Waals surface area contributed by atoms with E-state index in [1.54, 1.807) is 19.1 Å². The second-order valence-corrected chi connectivity index (χ2v) is 28.2. The molecule has 1 amide bonds. The molecule has 4 atom stereocenters. The van der Waals surface area contributed by atoms with Crippen molar-refractivity contribution in [3.05, 3.63) is 41.7 Å². The van der Waals surface area contributed by atoms with Gasteiger partial charge in [-0.1, -0.05) is 116 Å². The highest BCUT2D eigenvalue weighted by Gasteiger charge is 2.52. The number of carbonyl (C=O) groups is 1. The van der Waals surface area contributed by atoms with E-state index in [2.05, 4.69) is 110 Å². The molecule has 1 heterocycles. The minimum atomic E-state index is -2.34. The molecule has 0 bridgehead atoms. The first-order valence-corrected chi connectivity index (χ1v) is 23.1. The molecule has 1 N–H and O–H groups in total. The minimum absolute atomic E-state index is 0.0451. The molecule has 0 radical (unpaired) electrons. The van der Waals surface area contributed by atoms with Crippen molar-refractivity contribution >= 4 is 22.5 Å². The van der Waals surface area contributed by atoms with Crippen molar-refractivity contribution in [3.8, 4) is 5.75 Å². The van der Waals surface area contributed by atoms with E-state index in [0.717, 1.165) is 17.1 Å². The standard InChI is InChI=1S/C40H73NO6Si2/c1-26(2)48(27(3)4,28(5)6)46-36-23-35(45-25-37(36)47-49(29(7)8,30(9)10)31(11)12)34(32-18-20-33(44-17)21-19-32)22-39(43)41(16)38(24-42)40(13,14)15/h18-21,23,26-31,34,36-38,42H,22,24-25H2,1-17H3/t34-,36+,37+,38+/m0/s1. The number of aliphatic hydroxyl groups excluding tert-OH is 1. The van der Waals surface area contributed by atoms with Crippen LogP contribution in [0.4, 0.5) is 0 Å². The highest BCUT2D eigenvalue weighted by molar-refractivity contribution is 6.78. The average Bonchev–Trinajstić information content (AvgIpc) is 3.00. The van der Waals surface area contributed by atoms with Crippen LogP contribution in [0.3, 0.4) is 0 Å². The van der Waals surface area contributed by atoms with Crippen LogP contribution in [0.2, 0.25) is 33.2 Å². The van der Waals surface area contributed by atoms with E-state index in [1.165, 1.54) is 0 Å². The molecule has 1 aliphatic heterocycles. The lowest BCUT2D eigenvalue weighted by Gasteiger charge is -2.50. The van der Waals surface area contributed by atoms with Gasteiger partial charge in [0, 0.05) is 13.5 Å². The van der Waals surface area contributed by atoms with Crippen LogP contribution >= 0.6 is 0 Å². The van der Waals surface area contributed by atoms with Gasteiger partial charge in [0.15, 0.2) is 0 Å². The summed E-state index contributed by atoms with van der Waals surface area (Å²) in [5.74, 6) is 1.11. The number of methoxy groups -OCH3 is 1. The monoisotopic (exact) mass is 719 g/mol. The smallest absolute Gasteiger partial charge is 0.223 e. The highest BCUT2D eigenvalue weighted by Crippen LogP contribution is 2.48. The van der Waals surface area contributed by atoms with Gasteiger partial charge >= 0.3 is 0 Å². The third kappa shape index (κ3) is 9.62. The van der Waals surface area contributed by atoms with E-state index < -0.39 is 16.6 Å². The van der Waals surface area contributed by atoms with Gasteiger partial charge in [0.25, 0.3) is 0 Å². The normalized spacial score (nSPS) is 19.1. The Morgan fingerprint density at radius 2 is 1.29 bits per heavy atom. The second-order valence-electron chi connectivity index (χ2n) is 17.4. The van der Waals surface area contributed by atoms with Gasteiger partial charge in [-0.15, -0.1) is 0 Å². The molecule has 1 aromatic rings. The Bertz CT molecular complexity index is 1160. The van der Waals surface area contributed by atoms with Crippen LogP contribution in [-0.4, -0.2) is 78.2 Å².